The third-order valence-electron chi connectivity index (χ3n) is 6.83. The van der Waals surface area contributed by atoms with Crippen molar-refractivity contribution in [1.82, 2.24) is 20.3 Å². The van der Waals surface area contributed by atoms with Crippen molar-refractivity contribution in [2.24, 2.45) is 0 Å². The van der Waals surface area contributed by atoms with Gasteiger partial charge in [-0.05, 0) is 19.1 Å². The number of ether oxygens (including phenoxy) is 4. The molecule has 13 heteroatoms. The van der Waals surface area contributed by atoms with E-state index in [0.717, 1.165) is 6.07 Å². The Morgan fingerprint density at radius 1 is 1.15 bits per heavy atom. The van der Waals surface area contributed by atoms with E-state index in [1.54, 1.807) is 6.07 Å². The Labute approximate surface area is 229 Å². The normalized spacial score (nSPS) is 20.8. The van der Waals surface area contributed by atoms with E-state index in [9.17, 15) is 4.79 Å². The zero-order valence-corrected chi connectivity index (χ0v) is 22.4. The number of aromatic nitrogens is 3. The molecule has 11 nitrogen and oxygen atoms in total. The number of benzene rings is 1. The van der Waals surface area contributed by atoms with Gasteiger partial charge in [0.05, 0.1) is 69.5 Å². The van der Waals surface area contributed by atoms with Crippen molar-refractivity contribution in [1.29, 1.82) is 0 Å². The molecule has 2 N–H and O–H groups in total. The molecule has 1 amide bonds. The predicted molar refractivity (Wildman–Crippen MR) is 144 cm³/mol. The number of morpholine rings is 1. The van der Waals surface area contributed by atoms with Crippen LogP contribution in [-0.4, -0.2) is 86.2 Å². The molecular formula is C27H30F2N6O5. The maximum atomic E-state index is 15.4. The summed E-state index contributed by atoms with van der Waals surface area (Å²) < 4.78 is 52.3. The van der Waals surface area contributed by atoms with Crippen LogP contribution >= 0.6 is 0 Å². The summed E-state index contributed by atoms with van der Waals surface area (Å²) in [5.74, 6) is -1.79. The van der Waals surface area contributed by atoms with Gasteiger partial charge in [0.25, 0.3) is 0 Å². The lowest BCUT2D eigenvalue weighted by molar-refractivity contribution is -0.117. The highest BCUT2D eigenvalue weighted by Crippen LogP contribution is 2.38. The first-order valence-electron chi connectivity index (χ1n) is 12.7. The van der Waals surface area contributed by atoms with Crippen LogP contribution in [0.1, 0.15) is 6.92 Å². The molecule has 0 spiro atoms. The minimum atomic E-state index is -0.943. The van der Waals surface area contributed by atoms with Crippen LogP contribution in [0.4, 0.5) is 20.4 Å². The van der Waals surface area contributed by atoms with E-state index in [2.05, 4.69) is 32.2 Å². The highest BCUT2D eigenvalue weighted by molar-refractivity contribution is 5.92. The third kappa shape index (κ3) is 5.34. The molecule has 3 atom stereocenters. The van der Waals surface area contributed by atoms with E-state index < -0.39 is 17.2 Å². The third-order valence-corrected chi connectivity index (χ3v) is 6.83. The van der Waals surface area contributed by atoms with Gasteiger partial charge in [0, 0.05) is 24.5 Å². The van der Waals surface area contributed by atoms with Gasteiger partial charge in [-0.1, -0.05) is 6.58 Å². The number of anilines is 2. The van der Waals surface area contributed by atoms with Crippen molar-refractivity contribution in [2.75, 3.05) is 57.3 Å². The standard InChI is InChI=1S/C27H30F2N6O5/c1-5-22(36)32-18-13-39-12-17(18)31-21-8-15-16(10-30-21)33-26(34-27(15)35-6-7-40-14(2)11-35)23-24(28)19(37-3)9-20(38-4)25(23)29/h5,8-10,14,17-18H,1,6-7,11-13H2,2-4H3,(H,30,31)(H,32,36)/t14?,17-,18+/m1/s1. The zero-order chi connectivity index (χ0) is 28.4. The maximum absolute atomic E-state index is 15.4. The molecule has 4 heterocycles. The molecule has 1 unspecified atom stereocenters. The number of hydrogen-bond donors (Lipinski definition) is 2. The lowest BCUT2D eigenvalue weighted by atomic mass is 10.1. The monoisotopic (exact) mass is 556 g/mol. The van der Waals surface area contributed by atoms with E-state index >= 15 is 8.78 Å². The summed E-state index contributed by atoms with van der Waals surface area (Å²) in [7, 11) is 2.56. The Bertz CT molecular complexity index is 1410. The molecule has 2 fully saturated rings. The average Bonchev–Trinajstić information content (AvgIpc) is 3.38. The zero-order valence-electron chi connectivity index (χ0n) is 22.4. The van der Waals surface area contributed by atoms with Crippen LogP contribution in [0, 0.1) is 11.6 Å². The van der Waals surface area contributed by atoms with Crippen LogP contribution in [0.15, 0.2) is 31.0 Å². The van der Waals surface area contributed by atoms with Crippen LogP contribution in [0.5, 0.6) is 11.5 Å². The van der Waals surface area contributed by atoms with E-state index in [1.807, 2.05) is 11.8 Å². The fraction of sp³-hybridized carbons (Fsp3) is 0.407. The summed E-state index contributed by atoms with van der Waals surface area (Å²) >= 11 is 0. The average molecular weight is 557 g/mol. The van der Waals surface area contributed by atoms with Gasteiger partial charge in [0.1, 0.15) is 11.6 Å². The van der Waals surface area contributed by atoms with Crippen LogP contribution in [0.3, 0.4) is 0 Å². The van der Waals surface area contributed by atoms with Gasteiger partial charge < -0.3 is 34.5 Å². The lowest BCUT2D eigenvalue weighted by Gasteiger charge is -2.33. The number of hydrogen-bond acceptors (Lipinski definition) is 10. The first-order chi connectivity index (χ1) is 19.3. The SMILES string of the molecule is C=CC(=O)N[C@H]1COC[C@H]1Nc1cc2c(N3CCOC(C)C3)nc(-c3c(F)c(OC)cc(OC)c3F)nc2cn1. The number of halogens is 2. The van der Waals surface area contributed by atoms with Crippen molar-refractivity contribution < 1.29 is 32.5 Å². The lowest BCUT2D eigenvalue weighted by Crippen LogP contribution is -2.45. The van der Waals surface area contributed by atoms with Crippen molar-refractivity contribution in [3.8, 4) is 22.9 Å². The Morgan fingerprint density at radius 3 is 2.55 bits per heavy atom. The molecule has 2 aromatic heterocycles. The molecule has 0 saturated carbocycles. The number of carbonyl (C=O) groups excluding carboxylic acids is 1. The molecule has 2 aliphatic rings. The van der Waals surface area contributed by atoms with Gasteiger partial charge in [0.2, 0.25) is 5.91 Å². The van der Waals surface area contributed by atoms with E-state index in [0.29, 0.717) is 55.4 Å². The maximum Gasteiger partial charge on any atom is 0.243 e. The second kappa shape index (κ2) is 11.6. The number of rotatable bonds is 8. The summed E-state index contributed by atoms with van der Waals surface area (Å²) in [6.07, 6.45) is 2.63. The number of carbonyl (C=O) groups is 1. The molecule has 3 aromatic rings. The summed E-state index contributed by atoms with van der Waals surface area (Å²) in [5.41, 5.74) is -0.0868. The number of pyridine rings is 1. The topological polar surface area (TPSA) is 120 Å². The van der Waals surface area contributed by atoms with E-state index in [1.165, 1.54) is 26.5 Å². The van der Waals surface area contributed by atoms with Crippen LogP contribution in [0.2, 0.25) is 0 Å². The predicted octanol–water partition coefficient (Wildman–Crippen LogP) is 2.69. The van der Waals surface area contributed by atoms with Gasteiger partial charge in [0.15, 0.2) is 29.0 Å². The largest absolute Gasteiger partial charge is 0.494 e. The van der Waals surface area contributed by atoms with E-state index in [-0.39, 0.29) is 41.4 Å². The first-order valence-corrected chi connectivity index (χ1v) is 12.7. The Morgan fingerprint density at radius 2 is 1.88 bits per heavy atom. The second-order valence-corrected chi connectivity index (χ2v) is 9.48. The number of nitrogens with one attached hydrogen (secondary N) is 2. The van der Waals surface area contributed by atoms with Crippen molar-refractivity contribution in [2.45, 2.75) is 25.1 Å². The molecule has 1 aromatic carbocycles. The van der Waals surface area contributed by atoms with Crippen LogP contribution in [0.25, 0.3) is 22.3 Å². The number of methoxy groups -OCH3 is 2. The summed E-state index contributed by atoms with van der Waals surface area (Å²) in [5, 5.41) is 6.78. The van der Waals surface area contributed by atoms with Gasteiger partial charge >= 0.3 is 0 Å². The van der Waals surface area contributed by atoms with Gasteiger partial charge in [-0.25, -0.2) is 23.7 Å². The summed E-state index contributed by atoms with van der Waals surface area (Å²) in [4.78, 5) is 27.5. The Balaban J connectivity index is 1.60. The highest BCUT2D eigenvalue weighted by atomic mass is 19.1. The molecule has 5 rings (SSSR count). The smallest absolute Gasteiger partial charge is 0.243 e. The number of amides is 1. The molecule has 2 aliphatic heterocycles. The second-order valence-electron chi connectivity index (χ2n) is 9.48. The molecule has 0 radical (unpaired) electrons. The fourth-order valence-corrected chi connectivity index (χ4v) is 4.81. The highest BCUT2D eigenvalue weighted by Gasteiger charge is 2.30. The summed E-state index contributed by atoms with van der Waals surface area (Å²) in [6.45, 7) is 7.61. The van der Waals surface area contributed by atoms with E-state index in [4.69, 9.17) is 18.9 Å². The van der Waals surface area contributed by atoms with Crippen molar-refractivity contribution in [3.63, 3.8) is 0 Å². The summed E-state index contributed by atoms with van der Waals surface area (Å²) in [6, 6.07) is 2.39. The molecular weight excluding hydrogens is 526 g/mol. The minimum Gasteiger partial charge on any atom is -0.494 e. The van der Waals surface area contributed by atoms with Crippen molar-refractivity contribution in [3.05, 3.63) is 42.6 Å². The van der Waals surface area contributed by atoms with Gasteiger partial charge in [-0.3, -0.25) is 4.79 Å². The Kier molecular flexibility index (Phi) is 7.94. The van der Waals surface area contributed by atoms with Gasteiger partial charge in [-0.2, -0.15) is 0 Å². The number of fused-ring (bicyclic) bond motifs is 1. The molecule has 212 valence electrons. The minimum absolute atomic E-state index is 0.0862. The molecule has 2 saturated heterocycles. The first kappa shape index (κ1) is 27.5. The molecule has 0 aliphatic carbocycles. The quantitative estimate of drug-likeness (QED) is 0.401. The fourth-order valence-electron chi connectivity index (χ4n) is 4.81. The van der Waals surface area contributed by atoms with Crippen LogP contribution in [-0.2, 0) is 14.3 Å². The van der Waals surface area contributed by atoms with Crippen LogP contribution < -0.4 is 25.0 Å². The molecule has 40 heavy (non-hydrogen) atoms. The Hall–Kier alpha value is -4.10. The molecule has 0 bridgehead atoms. The number of nitrogens with zero attached hydrogens (tertiary/aromatic N) is 4. The van der Waals surface area contributed by atoms with Gasteiger partial charge in [-0.15, -0.1) is 0 Å². The van der Waals surface area contributed by atoms with Crippen molar-refractivity contribution >= 4 is 28.4 Å².